The molecule has 1 atom stereocenters. The van der Waals surface area contributed by atoms with Gasteiger partial charge in [-0.2, -0.15) is 0 Å². The quantitative estimate of drug-likeness (QED) is 0.641. The number of fused-ring (bicyclic) bond motifs is 4. The Balaban J connectivity index is 0.000000472. The topological polar surface area (TPSA) is 87.3 Å². The van der Waals surface area contributed by atoms with Crippen LogP contribution in [0.4, 0.5) is 0 Å². The molecule has 2 aromatic carbocycles. The van der Waals surface area contributed by atoms with Gasteiger partial charge >= 0.3 is 0 Å². The lowest BCUT2D eigenvalue weighted by molar-refractivity contribution is 0.0820. The highest BCUT2D eigenvalue weighted by Gasteiger charge is 2.46. The van der Waals surface area contributed by atoms with Crippen molar-refractivity contribution >= 4 is 37.6 Å². The summed E-state index contributed by atoms with van der Waals surface area (Å²) in [5.41, 5.74) is 3.25. The first kappa shape index (κ1) is 19.8. The molecular weight excluding hydrogens is 408 g/mol. The normalized spacial score (nSPS) is 19.6. The Bertz CT molecular complexity index is 1230. The monoisotopic (exact) mass is 430 g/mol. The molecule has 29 heavy (non-hydrogen) atoms. The highest BCUT2D eigenvalue weighted by molar-refractivity contribution is 7.90. The third kappa shape index (κ3) is 3.30. The molecule has 0 saturated carbocycles. The summed E-state index contributed by atoms with van der Waals surface area (Å²) >= 11 is 0. The molecular formula is C21H22N2O4S2. The van der Waals surface area contributed by atoms with Crippen LogP contribution in [-0.4, -0.2) is 40.3 Å². The molecule has 1 aliphatic carbocycles. The van der Waals surface area contributed by atoms with E-state index in [1.54, 1.807) is 30.7 Å². The fraction of sp³-hybridized carbons (Fsp3) is 0.286. The minimum Gasteiger partial charge on any atom is -0.356 e. The summed E-state index contributed by atoms with van der Waals surface area (Å²) in [6.45, 7) is 0. The van der Waals surface area contributed by atoms with E-state index in [1.165, 1.54) is 6.07 Å². The number of nitrogens with zero attached hydrogens (tertiary/aromatic N) is 1. The van der Waals surface area contributed by atoms with E-state index in [0.29, 0.717) is 6.42 Å². The summed E-state index contributed by atoms with van der Waals surface area (Å²) in [4.78, 5) is 16.4. The third-order valence-corrected chi connectivity index (χ3v) is 7.07. The molecule has 0 bridgehead atoms. The molecule has 0 radical (unpaired) electrons. The molecule has 0 unspecified atom stereocenters. The van der Waals surface area contributed by atoms with Crippen LogP contribution < -0.4 is 0 Å². The number of carbonyl (C=O) groups excluding carboxylic acids is 1. The maximum Gasteiger partial charge on any atom is 0.269 e. The molecule has 1 aromatic heterocycles. The Morgan fingerprint density at radius 2 is 1.72 bits per heavy atom. The number of aromatic nitrogens is 1. The zero-order chi connectivity index (χ0) is 20.8. The number of nitrogens with one attached hydrogen (secondary N) is 1. The molecule has 2 aliphatic rings. The van der Waals surface area contributed by atoms with Gasteiger partial charge in [-0.15, -0.1) is 0 Å². The zero-order valence-electron chi connectivity index (χ0n) is 16.2. The van der Waals surface area contributed by atoms with Crippen molar-refractivity contribution in [3.8, 4) is 0 Å². The molecule has 6 nitrogen and oxygen atoms in total. The number of para-hydroxylation sites is 1. The van der Waals surface area contributed by atoms with Crippen LogP contribution in [0.3, 0.4) is 0 Å². The van der Waals surface area contributed by atoms with Crippen molar-refractivity contribution in [1.29, 1.82) is 0 Å². The van der Waals surface area contributed by atoms with Crippen molar-refractivity contribution in [2.45, 2.75) is 30.2 Å². The minimum absolute atomic E-state index is 0.114. The maximum absolute atomic E-state index is 13.0. The summed E-state index contributed by atoms with van der Waals surface area (Å²) in [6, 6.07) is 13.9. The lowest BCUT2D eigenvalue weighted by Gasteiger charge is -2.30. The van der Waals surface area contributed by atoms with Crippen LogP contribution in [0.15, 0.2) is 53.4 Å². The van der Waals surface area contributed by atoms with Gasteiger partial charge in [-0.25, -0.2) is 12.7 Å². The molecule has 0 spiro atoms. The van der Waals surface area contributed by atoms with Gasteiger partial charge in [-0.3, -0.25) is 9.00 Å². The number of carbonyl (C=O) groups is 1. The lowest BCUT2D eigenvalue weighted by Crippen LogP contribution is -2.36. The van der Waals surface area contributed by atoms with E-state index in [-0.39, 0.29) is 10.5 Å². The van der Waals surface area contributed by atoms with Crippen LogP contribution in [0.2, 0.25) is 0 Å². The van der Waals surface area contributed by atoms with Gasteiger partial charge in [0.1, 0.15) is 4.90 Å². The van der Waals surface area contributed by atoms with Gasteiger partial charge in [0.05, 0.1) is 11.6 Å². The van der Waals surface area contributed by atoms with Crippen LogP contribution in [0.5, 0.6) is 0 Å². The number of H-pyrrole nitrogens is 1. The first-order chi connectivity index (χ1) is 13.8. The van der Waals surface area contributed by atoms with Crippen molar-refractivity contribution in [2.75, 3.05) is 12.5 Å². The SMILES string of the molecule is CS(C)=O.O=C1c2ccccc2S(=O)(=O)N1[C@H]1CCCc2c1[nH]c1ccccc21. The molecule has 1 N–H and O–H groups in total. The molecule has 0 saturated heterocycles. The van der Waals surface area contributed by atoms with Crippen molar-refractivity contribution in [3.63, 3.8) is 0 Å². The Kier molecular flexibility index (Phi) is 5.08. The van der Waals surface area contributed by atoms with E-state index in [0.717, 1.165) is 39.3 Å². The summed E-state index contributed by atoms with van der Waals surface area (Å²) in [6.07, 6.45) is 5.67. The molecule has 2 heterocycles. The summed E-state index contributed by atoms with van der Waals surface area (Å²) in [7, 11) is -4.42. The number of sulfonamides is 1. The van der Waals surface area contributed by atoms with Gasteiger partial charge < -0.3 is 4.98 Å². The smallest absolute Gasteiger partial charge is 0.269 e. The van der Waals surface area contributed by atoms with E-state index >= 15 is 0 Å². The molecule has 5 rings (SSSR count). The van der Waals surface area contributed by atoms with Crippen LogP contribution in [0.1, 0.15) is 40.5 Å². The van der Waals surface area contributed by atoms with Gasteiger partial charge in [-0.1, -0.05) is 30.3 Å². The Morgan fingerprint density at radius 1 is 1.07 bits per heavy atom. The van der Waals surface area contributed by atoms with Gasteiger partial charge in [0.15, 0.2) is 0 Å². The van der Waals surface area contributed by atoms with Crippen LogP contribution in [0.25, 0.3) is 10.9 Å². The van der Waals surface area contributed by atoms with Crippen LogP contribution >= 0.6 is 0 Å². The van der Waals surface area contributed by atoms with Crippen molar-refractivity contribution in [2.24, 2.45) is 0 Å². The second kappa shape index (κ2) is 7.42. The van der Waals surface area contributed by atoms with E-state index in [9.17, 15) is 17.4 Å². The van der Waals surface area contributed by atoms with Gasteiger partial charge in [0, 0.05) is 39.9 Å². The summed E-state index contributed by atoms with van der Waals surface area (Å²) in [5.74, 6) is -0.424. The molecule has 0 fully saturated rings. The van der Waals surface area contributed by atoms with Crippen molar-refractivity contribution < 1.29 is 17.4 Å². The first-order valence-electron chi connectivity index (χ1n) is 9.34. The second-order valence-corrected chi connectivity index (χ2v) is 10.6. The number of aromatic amines is 1. The third-order valence-electron chi connectivity index (χ3n) is 5.22. The van der Waals surface area contributed by atoms with Crippen molar-refractivity contribution in [3.05, 3.63) is 65.4 Å². The second-order valence-electron chi connectivity index (χ2n) is 7.31. The van der Waals surface area contributed by atoms with E-state index < -0.39 is 32.8 Å². The average molecular weight is 431 g/mol. The Labute approximate surface area is 172 Å². The van der Waals surface area contributed by atoms with Gasteiger partial charge in [-0.05, 0) is 43.0 Å². The zero-order valence-corrected chi connectivity index (χ0v) is 17.8. The fourth-order valence-electron chi connectivity index (χ4n) is 4.14. The standard InChI is InChI=1S/C19H16N2O3S.C2H6OS/c22-19-14-7-2-4-11-17(14)25(23,24)21(19)16-10-5-8-13-12-6-1-3-9-15(12)20-18(13)16;1-4(2)3/h1-4,6-7,9,11,16,20H,5,8,10H2;1-2H3/t16-;/m0./s1. The maximum atomic E-state index is 13.0. The molecule has 1 amide bonds. The predicted octanol–water partition coefficient (Wildman–Crippen LogP) is 3.38. The molecule has 152 valence electrons. The molecule has 1 aliphatic heterocycles. The molecule has 3 aromatic rings. The highest BCUT2D eigenvalue weighted by atomic mass is 32.2. The number of amides is 1. The number of aryl methyl sites for hydroxylation is 1. The Morgan fingerprint density at radius 3 is 2.45 bits per heavy atom. The predicted molar refractivity (Wildman–Crippen MR) is 114 cm³/mol. The largest absolute Gasteiger partial charge is 0.356 e. The number of hydrogen-bond donors (Lipinski definition) is 1. The number of benzene rings is 2. The number of rotatable bonds is 1. The highest BCUT2D eigenvalue weighted by Crippen LogP contribution is 2.43. The lowest BCUT2D eigenvalue weighted by atomic mass is 9.91. The van der Waals surface area contributed by atoms with Crippen LogP contribution in [-0.2, 0) is 27.2 Å². The van der Waals surface area contributed by atoms with Crippen LogP contribution in [0, 0.1) is 0 Å². The molecule has 8 heteroatoms. The minimum atomic E-state index is -3.81. The van der Waals surface area contributed by atoms with E-state index in [2.05, 4.69) is 4.98 Å². The summed E-state index contributed by atoms with van der Waals surface area (Å²) in [5, 5.41) is 1.11. The van der Waals surface area contributed by atoms with Gasteiger partial charge in [0.2, 0.25) is 0 Å². The number of hydrogen-bond acceptors (Lipinski definition) is 4. The van der Waals surface area contributed by atoms with Gasteiger partial charge in [0.25, 0.3) is 15.9 Å². The van der Waals surface area contributed by atoms with Crippen molar-refractivity contribution in [1.82, 2.24) is 9.29 Å². The fourth-order valence-corrected chi connectivity index (χ4v) is 5.90. The first-order valence-corrected chi connectivity index (χ1v) is 12.8. The summed E-state index contributed by atoms with van der Waals surface area (Å²) < 4.78 is 36.7. The van der Waals surface area contributed by atoms with E-state index in [4.69, 9.17) is 0 Å². The van der Waals surface area contributed by atoms with E-state index in [1.807, 2.05) is 24.3 Å². The average Bonchev–Trinajstić information content (AvgIpc) is 3.15. The Hall–Kier alpha value is -2.45.